The number of rotatable bonds is 3. The monoisotopic (exact) mass is 322 g/mol. The van der Waals surface area contributed by atoms with Gasteiger partial charge >= 0.3 is 0 Å². The quantitative estimate of drug-likeness (QED) is 0.851. The zero-order chi connectivity index (χ0) is 13.8. The molecule has 0 radical (unpaired) electrons. The standard InChI is InChI=1S/C14H12BrFN2O/c15-12-5-4-11(8-13(12)17)18-14(19)7-9-2-1-3-10(16)6-9/h1-6,8H,7,17H2,(H,18,19). The van der Waals surface area contributed by atoms with Crippen molar-refractivity contribution in [3.05, 3.63) is 58.3 Å². The van der Waals surface area contributed by atoms with Gasteiger partial charge in [-0.3, -0.25) is 4.79 Å². The van der Waals surface area contributed by atoms with E-state index in [1.807, 2.05) is 0 Å². The highest BCUT2D eigenvalue weighted by Crippen LogP contribution is 2.23. The second-order valence-electron chi connectivity index (χ2n) is 4.09. The summed E-state index contributed by atoms with van der Waals surface area (Å²) in [5, 5.41) is 2.72. The lowest BCUT2D eigenvalue weighted by Crippen LogP contribution is -2.14. The number of hydrogen-bond donors (Lipinski definition) is 2. The Hall–Kier alpha value is -1.88. The lowest BCUT2D eigenvalue weighted by Gasteiger charge is -2.07. The number of carbonyl (C=O) groups excluding carboxylic acids is 1. The van der Waals surface area contributed by atoms with E-state index in [-0.39, 0.29) is 18.1 Å². The van der Waals surface area contributed by atoms with E-state index in [9.17, 15) is 9.18 Å². The molecule has 2 rings (SSSR count). The molecule has 0 heterocycles. The number of amides is 1. The molecule has 0 spiro atoms. The van der Waals surface area contributed by atoms with Crippen LogP contribution in [0.2, 0.25) is 0 Å². The van der Waals surface area contributed by atoms with Crippen LogP contribution in [0.3, 0.4) is 0 Å². The number of halogens is 2. The van der Waals surface area contributed by atoms with Crippen molar-refractivity contribution >= 4 is 33.2 Å². The van der Waals surface area contributed by atoms with Gasteiger partial charge in [-0.1, -0.05) is 12.1 Å². The first-order valence-electron chi connectivity index (χ1n) is 5.64. The molecule has 3 N–H and O–H groups in total. The molecule has 98 valence electrons. The summed E-state index contributed by atoms with van der Waals surface area (Å²) in [5.41, 5.74) is 7.51. The summed E-state index contributed by atoms with van der Waals surface area (Å²) >= 11 is 3.28. The predicted octanol–water partition coefficient (Wildman–Crippen LogP) is 3.35. The molecule has 19 heavy (non-hydrogen) atoms. The maximum atomic E-state index is 13.0. The fraction of sp³-hybridized carbons (Fsp3) is 0.0714. The number of carbonyl (C=O) groups is 1. The Labute approximate surface area is 118 Å². The van der Waals surface area contributed by atoms with E-state index in [0.717, 1.165) is 4.47 Å². The van der Waals surface area contributed by atoms with Gasteiger partial charge in [0.2, 0.25) is 5.91 Å². The zero-order valence-electron chi connectivity index (χ0n) is 9.99. The van der Waals surface area contributed by atoms with E-state index in [4.69, 9.17) is 5.73 Å². The van der Waals surface area contributed by atoms with Crippen LogP contribution in [0.5, 0.6) is 0 Å². The van der Waals surface area contributed by atoms with E-state index in [0.29, 0.717) is 16.9 Å². The molecule has 0 bridgehead atoms. The summed E-state index contributed by atoms with van der Waals surface area (Å²) in [5.74, 6) is -0.564. The maximum Gasteiger partial charge on any atom is 0.228 e. The second-order valence-corrected chi connectivity index (χ2v) is 4.95. The highest BCUT2D eigenvalue weighted by molar-refractivity contribution is 9.10. The first kappa shape index (κ1) is 13.5. The van der Waals surface area contributed by atoms with Crippen molar-refractivity contribution < 1.29 is 9.18 Å². The van der Waals surface area contributed by atoms with Crippen molar-refractivity contribution in [3.8, 4) is 0 Å². The number of hydrogen-bond acceptors (Lipinski definition) is 2. The molecule has 0 aliphatic carbocycles. The lowest BCUT2D eigenvalue weighted by molar-refractivity contribution is -0.115. The van der Waals surface area contributed by atoms with E-state index >= 15 is 0 Å². The van der Waals surface area contributed by atoms with Crippen molar-refractivity contribution in [2.75, 3.05) is 11.1 Å². The minimum Gasteiger partial charge on any atom is -0.398 e. The highest BCUT2D eigenvalue weighted by atomic mass is 79.9. The smallest absolute Gasteiger partial charge is 0.228 e. The van der Waals surface area contributed by atoms with Crippen LogP contribution in [0.4, 0.5) is 15.8 Å². The molecule has 0 saturated heterocycles. The molecule has 3 nitrogen and oxygen atoms in total. The van der Waals surface area contributed by atoms with E-state index in [2.05, 4.69) is 21.2 Å². The zero-order valence-corrected chi connectivity index (χ0v) is 11.6. The molecule has 0 aliphatic rings. The number of nitrogens with two attached hydrogens (primary N) is 1. The summed E-state index contributed by atoms with van der Waals surface area (Å²) in [4.78, 5) is 11.8. The summed E-state index contributed by atoms with van der Waals surface area (Å²) in [6, 6.07) is 11.1. The van der Waals surface area contributed by atoms with Crippen molar-refractivity contribution in [3.63, 3.8) is 0 Å². The van der Waals surface area contributed by atoms with E-state index in [1.54, 1.807) is 30.3 Å². The molecule has 0 fully saturated rings. The van der Waals surface area contributed by atoms with Gasteiger partial charge in [0.1, 0.15) is 5.82 Å². The lowest BCUT2D eigenvalue weighted by atomic mass is 10.1. The Bertz CT molecular complexity index is 616. The molecule has 0 unspecified atom stereocenters. The SMILES string of the molecule is Nc1cc(NC(=O)Cc2cccc(F)c2)ccc1Br. The van der Waals surface area contributed by atoms with Gasteiger partial charge in [-0.05, 0) is 51.8 Å². The van der Waals surface area contributed by atoms with Gasteiger partial charge in [0.25, 0.3) is 0 Å². The second kappa shape index (κ2) is 5.84. The van der Waals surface area contributed by atoms with Crippen LogP contribution < -0.4 is 11.1 Å². The van der Waals surface area contributed by atoms with Crippen LogP contribution >= 0.6 is 15.9 Å². The van der Waals surface area contributed by atoms with Crippen LogP contribution in [0.25, 0.3) is 0 Å². The van der Waals surface area contributed by atoms with Gasteiger partial charge in [-0.25, -0.2) is 4.39 Å². The van der Waals surface area contributed by atoms with E-state index in [1.165, 1.54) is 12.1 Å². The first-order chi connectivity index (χ1) is 9.04. The predicted molar refractivity (Wildman–Crippen MR) is 77.3 cm³/mol. The molecule has 0 aliphatic heterocycles. The molecule has 2 aromatic rings. The largest absolute Gasteiger partial charge is 0.398 e. The van der Waals surface area contributed by atoms with Crippen molar-refractivity contribution in [1.29, 1.82) is 0 Å². The van der Waals surface area contributed by atoms with Crippen molar-refractivity contribution in [1.82, 2.24) is 0 Å². The van der Waals surface area contributed by atoms with Gasteiger partial charge < -0.3 is 11.1 Å². The number of nitrogen functional groups attached to an aromatic ring is 1. The minimum atomic E-state index is -0.349. The Morgan fingerprint density at radius 3 is 2.74 bits per heavy atom. The Kier molecular flexibility index (Phi) is 4.16. The maximum absolute atomic E-state index is 13.0. The molecule has 2 aromatic carbocycles. The molecule has 1 amide bonds. The molecule has 0 aromatic heterocycles. The molecular weight excluding hydrogens is 311 g/mol. The van der Waals surface area contributed by atoms with Crippen LogP contribution in [0, 0.1) is 5.82 Å². The van der Waals surface area contributed by atoms with Gasteiger partial charge in [0.05, 0.1) is 6.42 Å². The Morgan fingerprint density at radius 2 is 2.05 bits per heavy atom. The highest BCUT2D eigenvalue weighted by Gasteiger charge is 2.06. The molecule has 5 heteroatoms. The average Bonchev–Trinajstić information content (AvgIpc) is 2.34. The van der Waals surface area contributed by atoms with Crippen LogP contribution in [0.15, 0.2) is 46.9 Å². The fourth-order valence-electron chi connectivity index (χ4n) is 1.66. The third-order valence-corrected chi connectivity index (χ3v) is 3.26. The van der Waals surface area contributed by atoms with Crippen LogP contribution in [-0.4, -0.2) is 5.91 Å². The summed E-state index contributed by atoms with van der Waals surface area (Å²) in [7, 11) is 0. The third-order valence-electron chi connectivity index (χ3n) is 2.53. The average molecular weight is 323 g/mol. The summed E-state index contributed by atoms with van der Waals surface area (Å²) < 4.78 is 13.8. The van der Waals surface area contributed by atoms with E-state index < -0.39 is 0 Å². The van der Waals surface area contributed by atoms with Crippen LogP contribution in [-0.2, 0) is 11.2 Å². The van der Waals surface area contributed by atoms with Crippen molar-refractivity contribution in [2.24, 2.45) is 0 Å². The van der Waals surface area contributed by atoms with Gasteiger partial charge in [-0.2, -0.15) is 0 Å². The number of nitrogens with one attached hydrogen (secondary N) is 1. The van der Waals surface area contributed by atoms with Gasteiger partial charge in [0, 0.05) is 15.8 Å². The van der Waals surface area contributed by atoms with Crippen LogP contribution in [0.1, 0.15) is 5.56 Å². The normalized spacial score (nSPS) is 10.2. The third kappa shape index (κ3) is 3.79. The van der Waals surface area contributed by atoms with Gasteiger partial charge in [0.15, 0.2) is 0 Å². The minimum absolute atomic E-state index is 0.119. The number of anilines is 2. The molecular formula is C14H12BrFN2O. The number of benzene rings is 2. The Morgan fingerprint density at radius 1 is 1.26 bits per heavy atom. The van der Waals surface area contributed by atoms with Gasteiger partial charge in [-0.15, -0.1) is 0 Å². The molecule has 0 atom stereocenters. The van der Waals surface area contributed by atoms with Crippen molar-refractivity contribution in [2.45, 2.75) is 6.42 Å². The summed E-state index contributed by atoms with van der Waals surface area (Å²) in [6.07, 6.45) is 0.119. The Balaban J connectivity index is 2.03. The fourth-order valence-corrected chi connectivity index (χ4v) is 1.91. The first-order valence-corrected chi connectivity index (χ1v) is 6.43. The topological polar surface area (TPSA) is 55.1 Å². The molecule has 0 saturated carbocycles. The summed E-state index contributed by atoms with van der Waals surface area (Å²) in [6.45, 7) is 0.